The Balaban J connectivity index is 1.67. The Labute approximate surface area is 243 Å². The smallest absolute Gasteiger partial charge is 0.408 e. The van der Waals surface area contributed by atoms with E-state index < -0.39 is 23.8 Å². The van der Waals surface area contributed by atoms with E-state index in [2.05, 4.69) is 17.6 Å². The van der Waals surface area contributed by atoms with E-state index in [9.17, 15) is 14.4 Å². The van der Waals surface area contributed by atoms with Gasteiger partial charge in [0.25, 0.3) is 0 Å². The fourth-order valence-corrected chi connectivity index (χ4v) is 4.81. The largest absolute Gasteiger partial charge is 0.444 e. The van der Waals surface area contributed by atoms with Gasteiger partial charge in [-0.1, -0.05) is 91.9 Å². The van der Waals surface area contributed by atoms with Gasteiger partial charge in [0.1, 0.15) is 17.7 Å². The highest BCUT2D eigenvalue weighted by molar-refractivity contribution is 5.92. The van der Waals surface area contributed by atoms with Crippen molar-refractivity contribution >= 4 is 17.9 Å². The number of amides is 3. The number of ether oxygens (including phenoxy) is 1. The minimum absolute atomic E-state index is 0.0977. The number of alkyl carbamates (subject to hydrolysis) is 1. The van der Waals surface area contributed by atoms with Crippen molar-refractivity contribution in [1.82, 2.24) is 15.5 Å². The van der Waals surface area contributed by atoms with Gasteiger partial charge in [-0.15, -0.1) is 0 Å². The van der Waals surface area contributed by atoms with Crippen LogP contribution in [0.4, 0.5) is 4.79 Å². The van der Waals surface area contributed by atoms with E-state index in [-0.39, 0.29) is 24.3 Å². The van der Waals surface area contributed by atoms with E-state index >= 15 is 0 Å². The molecule has 0 radical (unpaired) electrons. The molecule has 0 bridgehead atoms. The van der Waals surface area contributed by atoms with Gasteiger partial charge in [0.05, 0.1) is 0 Å². The number of benzene rings is 3. The molecule has 3 aromatic rings. The van der Waals surface area contributed by atoms with Crippen LogP contribution in [0.1, 0.15) is 68.8 Å². The maximum absolute atomic E-state index is 14.4. The van der Waals surface area contributed by atoms with Gasteiger partial charge >= 0.3 is 6.09 Å². The topological polar surface area (TPSA) is 87.7 Å². The van der Waals surface area contributed by atoms with Crippen LogP contribution in [-0.4, -0.2) is 40.5 Å². The molecule has 4 rings (SSSR count). The lowest BCUT2D eigenvalue weighted by molar-refractivity contribution is -0.143. The predicted molar refractivity (Wildman–Crippen MR) is 160 cm³/mol. The normalized spacial score (nSPS) is 14.4. The molecule has 0 heterocycles. The number of rotatable bonds is 11. The third-order valence-corrected chi connectivity index (χ3v) is 7.01. The summed E-state index contributed by atoms with van der Waals surface area (Å²) in [5.41, 5.74) is 3.04. The molecular weight excluding hydrogens is 514 g/mol. The molecule has 1 fully saturated rings. The molecule has 0 spiro atoms. The van der Waals surface area contributed by atoms with E-state index in [1.54, 1.807) is 25.7 Å². The minimum atomic E-state index is -0.910. The number of aryl methyl sites for hydroxylation is 1. The Kier molecular flexibility index (Phi) is 9.82. The molecule has 1 saturated carbocycles. The maximum atomic E-state index is 14.4. The van der Waals surface area contributed by atoms with Gasteiger partial charge in [0, 0.05) is 19.0 Å². The molecular formula is C34H41N3O4. The summed E-state index contributed by atoms with van der Waals surface area (Å²) in [7, 11) is 0. The van der Waals surface area contributed by atoms with Crippen LogP contribution in [0.15, 0.2) is 84.9 Å². The van der Waals surface area contributed by atoms with Crippen LogP contribution in [0, 0.1) is 0 Å². The van der Waals surface area contributed by atoms with Crippen LogP contribution in [0.2, 0.25) is 0 Å². The molecule has 3 amide bonds. The zero-order valence-corrected chi connectivity index (χ0v) is 24.4. The monoisotopic (exact) mass is 555 g/mol. The fourth-order valence-electron chi connectivity index (χ4n) is 4.81. The van der Waals surface area contributed by atoms with Crippen molar-refractivity contribution < 1.29 is 19.1 Å². The molecule has 0 aromatic heterocycles. The molecule has 3 aromatic carbocycles. The Morgan fingerprint density at radius 1 is 0.854 bits per heavy atom. The van der Waals surface area contributed by atoms with Gasteiger partial charge < -0.3 is 20.3 Å². The summed E-state index contributed by atoms with van der Waals surface area (Å²) in [5.74, 6) is -0.560. The summed E-state index contributed by atoms with van der Waals surface area (Å²) in [4.78, 5) is 42.9. The quantitative estimate of drug-likeness (QED) is 0.316. The summed E-state index contributed by atoms with van der Waals surface area (Å²) in [5, 5.41) is 5.88. The van der Waals surface area contributed by atoms with Crippen molar-refractivity contribution in [3.05, 3.63) is 107 Å². The first-order valence-corrected chi connectivity index (χ1v) is 14.4. The summed E-state index contributed by atoms with van der Waals surface area (Å²) >= 11 is 0. The third kappa shape index (κ3) is 8.68. The first-order valence-electron chi connectivity index (χ1n) is 14.4. The minimum Gasteiger partial charge on any atom is -0.444 e. The second kappa shape index (κ2) is 13.5. The van der Waals surface area contributed by atoms with Crippen molar-refractivity contribution in [2.75, 3.05) is 0 Å². The van der Waals surface area contributed by atoms with E-state index in [4.69, 9.17) is 4.74 Å². The highest BCUT2D eigenvalue weighted by atomic mass is 16.6. The standard InChI is InChI=1S/C34H41N3O4/c1-5-24-16-18-27(19-17-24)30(31(38)35-23-26-14-10-7-11-15-26)37(28-20-21-28)32(39)29(22-25-12-8-6-9-13-25)36-33(40)41-34(2,3)4/h6-19,28-30H,5,20-23H2,1-4H3,(H,35,38)(H,36,40). The molecule has 2 N–H and O–H groups in total. The van der Waals surface area contributed by atoms with Crippen molar-refractivity contribution in [2.45, 2.75) is 83.6 Å². The SMILES string of the molecule is CCc1ccc(C(C(=O)NCc2ccccc2)N(C(=O)C(Cc2ccccc2)NC(=O)OC(C)(C)C)C2CC2)cc1. The van der Waals surface area contributed by atoms with E-state index in [0.29, 0.717) is 6.54 Å². The lowest BCUT2D eigenvalue weighted by Crippen LogP contribution is -2.54. The van der Waals surface area contributed by atoms with Gasteiger partial charge in [-0.2, -0.15) is 0 Å². The Morgan fingerprint density at radius 2 is 1.44 bits per heavy atom. The van der Waals surface area contributed by atoms with Crippen LogP contribution >= 0.6 is 0 Å². The molecule has 216 valence electrons. The van der Waals surface area contributed by atoms with Crippen LogP contribution in [0.5, 0.6) is 0 Å². The van der Waals surface area contributed by atoms with Crippen molar-refractivity contribution in [1.29, 1.82) is 0 Å². The maximum Gasteiger partial charge on any atom is 0.408 e. The second-order valence-corrected chi connectivity index (χ2v) is 11.6. The molecule has 0 saturated heterocycles. The molecule has 0 aliphatic heterocycles. The number of nitrogens with one attached hydrogen (secondary N) is 2. The lowest BCUT2D eigenvalue weighted by Gasteiger charge is -2.35. The van der Waals surface area contributed by atoms with Crippen LogP contribution in [0.3, 0.4) is 0 Å². The van der Waals surface area contributed by atoms with Gasteiger partial charge in [-0.3, -0.25) is 9.59 Å². The molecule has 1 aliphatic rings. The Morgan fingerprint density at radius 3 is 1.98 bits per heavy atom. The molecule has 7 nitrogen and oxygen atoms in total. The molecule has 41 heavy (non-hydrogen) atoms. The lowest BCUT2D eigenvalue weighted by atomic mass is 9.98. The number of hydrogen-bond acceptors (Lipinski definition) is 4. The molecule has 2 unspecified atom stereocenters. The van der Waals surface area contributed by atoms with Gasteiger partial charge in [0.2, 0.25) is 11.8 Å². The van der Waals surface area contributed by atoms with Gasteiger partial charge in [-0.25, -0.2) is 4.79 Å². The highest BCUT2D eigenvalue weighted by Crippen LogP contribution is 2.36. The van der Waals surface area contributed by atoms with Crippen LogP contribution in [-0.2, 0) is 33.7 Å². The Hall–Kier alpha value is -4.13. The van der Waals surface area contributed by atoms with Crippen LogP contribution < -0.4 is 10.6 Å². The summed E-state index contributed by atoms with van der Waals surface area (Å²) < 4.78 is 5.52. The average molecular weight is 556 g/mol. The van der Waals surface area contributed by atoms with Gasteiger partial charge in [0.15, 0.2) is 0 Å². The fraction of sp³-hybridized carbons (Fsp3) is 0.382. The summed E-state index contributed by atoms with van der Waals surface area (Å²) in [6.45, 7) is 7.77. The highest BCUT2D eigenvalue weighted by Gasteiger charge is 2.44. The van der Waals surface area contributed by atoms with Gasteiger partial charge in [-0.05, 0) is 62.3 Å². The third-order valence-electron chi connectivity index (χ3n) is 7.01. The van der Waals surface area contributed by atoms with Crippen molar-refractivity contribution in [2.24, 2.45) is 0 Å². The number of nitrogens with zero attached hydrogens (tertiary/aromatic N) is 1. The first-order chi connectivity index (χ1) is 19.6. The number of carbonyl (C=O) groups is 3. The molecule has 2 atom stereocenters. The zero-order valence-electron chi connectivity index (χ0n) is 24.4. The second-order valence-electron chi connectivity index (χ2n) is 11.6. The average Bonchev–Trinajstić information content (AvgIpc) is 3.79. The number of carbonyl (C=O) groups excluding carboxylic acids is 3. The summed E-state index contributed by atoms with van der Waals surface area (Å²) in [6, 6.07) is 25.3. The molecule has 1 aliphatic carbocycles. The van der Waals surface area contributed by atoms with E-state index in [1.807, 2.05) is 84.9 Å². The van der Waals surface area contributed by atoms with Crippen LogP contribution in [0.25, 0.3) is 0 Å². The van der Waals surface area contributed by atoms with Crippen molar-refractivity contribution in [3.63, 3.8) is 0 Å². The van der Waals surface area contributed by atoms with E-state index in [0.717, 1.165) is 41.5 Å². The summed E-state index contributed by atoms with van der Waals surface area (Å²) in [6.07, 6.45) is 2.07. The first kappa shape index (κ1) is 29.8. The zero-order chi connectivity index (χ0) is 29.4. The van der Waals surface area contributed by atoms with E-state index in [1.165, 1.54) is 0 Å². The Bertz CT molecular complexity index is 1300. The predicted octanol–water partition coefficient (Wildman–Crippen LogP) is 5.73. The van der Waals surface area contributed by atoms with Crippen molar-refractivity contribution in [3.8, 4) is 0 Å². The molecule has 7 heteroatoms. The number of hydrogen-bond donors (Lipinski definition) is 2.